The lowest BCUT2D eigenvalue weighted by Gasteiger charge is -2.40. The second-order valence-corrected chi connectivity index (χ2v) is 6.85. The second-order valence-electron chi connectivity index (χ2n) is 6.85. The molecule has 1 N–H and O–H groups in total. The highest BCUT2D eigenvalue weighted by Gasteiger charge is 2.35. The highest BCUT2D eigenvalue weighted by atomic mass is 14.9. The van der Waals surface area contributed by atoms with E-state index < -0.39 is 0 Å². The fourth-order valence-electron chi connectivity index (χ4n) is 3.27. The molecule has 1 aromatic carbocycles. The van der Waals surface area contributed by atoms with Gasteiger partial charge in [-0.2, -0.15) is 0 Å². The van der Waals surface area contributed by atoms with Gasteiger partial charge in [0.1, 0.15) is 0 Å². The molecule has 0 aromatic heterocycles. The van der Waals surface area contributed by atoms with Crippen LogP contribution in [0.1, 0.15) is 52.0 Å². The normalized spacial score (nSPS) is 27.7. The summed E-state index contributed by atoms with van der Waals surface area (Å²) < 4.78 is 0. The van der Waals surface area contributed by atoms with E-state index in [0.29, 0.717) is 5.41 Å². The summed E-state index contributed by atoms with van der Waals surface area (Å²) in [6.45, 7) is 9.23. The SMILES string of the molecule is CC(C)CNCC1(c2ccccc2)CCC(C)CC1. The molecular weight excluding hydrogens is 230 g/mol. The monoisotopic (exact) mass is 259 g/mol. The van der Waals surface area contributed by atoms with Crippen molar-refractivity contribution < 1.29 is 0 Å². The number of hydrogen-bond donors (Lipinski definition) is 1. The van der Waals surface area contributed by atoms with Crippen LogP contribution in [-0.2, 0) is 5.41 Å². The number of nitrogens with one attached hydrogen (secondary N) is 1. The van der Waals surface area contributed by atoms with Crippen LogP contribution in [0.25, 0.3) is 0 Å². The Balaban J connectivity index is 2.09. The molecule has 0 unspecified atom stereocenters. The zero-order valence-corrected chi connectivity index (χ0v) is 12.8. The van der Waals surface area contributed by atoms with Crippen LogP contribution in [0.5, 0.6) is 0 Å². The third-order valence-corrected chi connectivity index (χ3v) is 4.63. The van der Waals surface area contributed by atoms with E-state index >= 15 is 0 Å². The molecule has 1 aliphatic rings. The first-order valence-corrected chi connectivity index (χ1v) is 7.89. The van der Waals surface area contributed by atoms with Crippen molar-refractivity contribution in [3.8, 4) is 0 Å². The van der Waals surface area contributed by atoms with Crippen LogP contribution in [0.2, 0.25) is 0 Å². The first-order chi connectivity index (χ1) is 9.12. The molecule has 19 heavy (non-hydrogen) atoms. The summed E-state index contributed by atoms with van der Waals surface area (Å²) in [5.41, 5.74) is 1.92. The maximum absolute atomic E-state index is 3.71. The minimum atomic E-state index is 0.378. The summed E-state index contributed by atoms with van der Waals surface area (Å²) in [5.74, 6) is 1.64. The third kappa shape index (κ3) is 3.82. The van der Waals surface area contributed by atoms with Crippen molar-refractivity contribution in [2.24, 2.45) is 11.8 Å². The van der Waals surface area contributed by atoms with E-state index in [4.69, 9.17) is 0 Å². The van der Waals surface area contributed by atoms with Crippen LogP contribution in [0.4, 0.5) is 0 Å². The predicted molar refractivity (Wildman–Crippen MR) is 83.5 cm³/mol. The van der Waals surface area contributed by atoms with Crippen LogP contribution < -0.4 is 5.32 Å². The van der Waals surface area contributed by atoms with Gasteiger partial charge < -0.3 is 5.32 Å². The molecule has 0 heterocycles. The molecule has 1 fully saturated rings. The molecule has 0 spiro atoms. The fraction of sp³-hybridized carbons (Fsp3) is 0.667. The summed E-state index contributed by atoms with van der Waals surface area (Å²) in [6.07, 6.45) is 5.42. The second kappa shape index (κ2) is 6.56. The average molecular weight is 259 g/mol. The van der Waals surface area contributed by atoms with Gasteiger partial charge in [-0.1, -0.05) is 51.1 Å². The Hall–Kier alpha value is -0.820. The molecule has 106 valence electrons. The Morgan fingerprint density at radius 3 is 2.37 bits per heavy atom. The highest BCUT2D eigenvalue weighted by molar-refractivity contribution is 5.26. The summed E-state index contributed by atoms with van der Waals surface area (Å²) in [7, 11) is 0. The van der Waals surface area contributed by atoms with Gasteiger partial charge in [0, 0.05) is 12.0 Å². The first-order valence-electron chi connectivity index (χ1n) is 7.89. The van der Waals surface area contributed by atoms with Crippen molar-refractivity contribution in [2.75, 3.05) is 13.1 Å². The molecule has 0 atom stereocenters. The average Bonchev–Trinajstić information content (AvgIpc) is 2.42. The Morgan fingerprint density at radius 1 is 1.16 bits per heavy atom. The predicted octanol–water partition coefficient (Wildman–Crippen LogP) is 4.38. The Kier molecular flexibility index (Phi) is 5.04. The van der Waals surface area contributed by atoms with Crippen molar-refractivity contribution in [2.45, 2.75) is 51.9 Å². The standard InChI is InChI=1S/C18H29N/c1-15(2)13-19-14-18(11-9-16(3)10-12-18)17-7-5-4-6-8-17/h4-8,15-16,19H,9-14H2,1-3H3. The topological polar surface area (TPSA) is 12.0 Å². The maximum atomic E-state index is 3.71. The van der Waals surface area contributed by atoms with E-state index in [9.17, 15) is 0 Å². The zero-order chi connectivity index (χ0) is 13.7. The van der Waals surface area contributed by atoms with Crippen molar-refractivity contribution in [1.82, 2.24) is 5.32 Å². The minimum Gasteiger partial charge on any atom is -0.316 e. The van der Waals surface area contributed by atoms with Gasteiger partial charge in [0.25, 0.3) is 0 Å². The number of hydrogen-bond acceptors (Lipinski definition) is 1. The molecule has 1 aliphatic carbocycles. The number of rotatable bonds is 5. The van der Waals surface area contributed by atoms with Crippen molar-refractivity contribution in [3.63, 3.8) is 0 Å². The Bertz CT molecular complexity index is 361. The van der Waals surface area contributed by atoms with Gasteiger partial charge in [-0.3, -0.25) is 0 Å². The first kappa shape index (κ1) is 14.6. The minimum absolute atomic E-state index is 0.378. The van der Waals surface area contributed by atoms with Gasteiger partial charge in [0.05, 0.1) is 0 Å². The van der Waals surface area contributed by atoms with Gasteiger partial charge in [-0.25, -0.2) is 0 Å². The Morgan fingerprint density at radius 2 is 1.79 bits per heavy atom. The van der Waals surface area contributed by atoms with E-state index in [0.717, 1.165) is 24.9 Å². The summed E-state index contributed by atoms with van der Waals surface area (Å²) >= 11 is 0. The van der Waals surface area contributed by atoms with Crippen LogP contribution in [0.3, 0.4) is 0 Å². The molecule has 1 nitrogen and oxygen atoms in total. The van der Waals surface area contributed by atoms with E-state index in [1.807, 2.05) is 0 Å². The Labute approximate surface area is 118 Å². The smallest absolute Gasteiger partial charge is 0.00779 e. The molecule has 0 amide bonds. The summed E-state index contributed by atoms with van der Waals surface area (Å²) in [4.78, 5) is 0. The van der Waals surface area contributed by atoms with Gasteiger partial charge in [-0.05, 0) is 49.6 Å². The molecule has 0 aliphatic heterocycles. The molecule has 2 rings (SSSR count). The van der Waals surface area contributed by atoms with Gasteiger partial charge in [0.15, 0.2) is 0 Å². The summed E-state index contributed by atoms with van der Waals surface area (Å²) in [6, 6.07) is 11.2. The lowest BCUT2D eigenvalue weighted by atomic mass is 9.67. The van der Waals surface area contributed by atoms with Gasteiger partial charge in [-0.15, -0.1) is 0 Å². The van der Waals surface area contributed by atoms with Crippen LogP contribution in [0, 0.1) is 11.8 Å². The lowest BCUT2D eigenvalue weighted by Crippen LogP contribution is -2.42. The lowest BCUT2D eigenvalue weighted by molar-refractivity contribution is 0.231. The molecule has 0 radical (unpaired) electrons. The highest BCUT2D eigenvalue weighted by Crippen LogP contribution is 2.41. The quantitative estimate of drug-likeness (QED) is 0.827. The van der Waals surface area contributed by atoms with E-state index in [2.05, 4.69) is 56.4 Å². The maximum Gasteiger partial charge on any atom is 0.00779 e. The van der Waals surface area contributed by atoms with Crippen LogP contribution in [-0.4, -0.2) is 13.1 Å². The molecule has 1 saturated carbocycles. The molecule has 1 aromatic rings. The third-order valence-electron chi connectivity index (χ3n) is 4.63. The molecule has 0 bridgehead atoms. The zero-order valence-electron chi connectivity index (χ0n) is 12.8. The summed E-state index contributed by atoms with van der Waals surface area (Å²) in [5, 5.41) is 3.71. The molecule has 0 saturated heterocycles. The van der Waals surface area contributed by atoms with Crippen LogP contribution in [0.15, 0.2) is 30.3 Å². The van der Waals surface area contributed by atoms with Crippen molar-refractivity contribution >= 4 is 0 Å². The van der Waals surface area contributed by atoms with E-state index in [1.54, 1.807) is 0 Å². The fourth-order valence-corrected chi connectivity index (χ4v) is 3.27. The molecule has 1 heteroatoms. The van der Waals surface area contributed by atoms with Crippen molar-refractivity contribution in [3.05, 3.63) is 35.9 Å². The largest absolute Gasteiger partial charge is 0.316 e. The van der Waals surface area contributed by atoms with Crippen molar-refractivity contribution in [1.29, 1.82) is 0 Å². The number of benzene rings is 1. The van der Waals surface area contributed by atoms with Gasteiger partial charge >= 0.3 is 0 Å². The van der Waals surface area contributed by atoms with E-state index in [1.165, 1.54) is 31.2 Å². The van der Waals surface area contributed by atoms with E-state index in [-0.39, 0.29) is 0 Å². The van der Waals surface area contributed by atoms with Gasteiger partial charge in [0.2, 0.25) is 0 Å². The van der Waals surface area contributed by atoms with Crippen LogP contribution >= 0.6 is 0 Å². The molecular formula is C18H29N.